The normalized spacial score (nSPS) is 10.3. The summed E-state index contributed by atoms with van der Waals surface area (Å²) >= 11 is 0. The molecule has 17 heavy (non-hydrogen) atoms. The number of aryl methyl sites for hydroxylation is 2. The predicted molar refractivity (Wildman–Crippen MR) is 66.7 cm³/mol. The first-order valence-electron chi connectivity index (χ1n) is 5.52. The van der Waals surface area contributed by atoms with Gasteiger partial charge < -0.3 is 10.1 Å². The number of rotatable bonds is 4. The Kier molecular flexibility index (Phi) is 3.27. The van der Waals surface area contributed by atoms with Crippen molar-refractivity contribution < 1.29 is 4.74 Å². The molecule has 0 aliphatic carbocycles. The second kappa shape index (κ2) is 4.86. The Morgan fingerprint density at radius 2 is 2.29 bits per heavy atom. The van der Waals surface area contributed by atoms with Crippen LogP contribution in [0.2, 0.25) is 0 Å². The topological polar surface area (TPSA) is 52.0 Å². The van der Waals surface area contributed by atoms with Gasteiger partial charge in [-0.2, -0.15) is 5.10 Å². The van der Waals surface area contributed by atoms with Crippen molar-refractivity contribution in [2.45, 2.75) is 13.3 Å². The van der Waals surface area contributed by atoms with E-state index >= 15 is 0 Å². The van der Waals surface area contributed by atoms with Gasteiger partial charge in [0.05, 0.1) is 18.5 Å². The third kappa shape index (κ3) is 2.55. The van der Waals surface area contributed by atoms with Gasteiger partial charge in [-0.3, -0.25) is 4.68 Å². The van der Waals surface area contributed by atoms with Gasteiger partial charge in [-0.1, -0.05) is 6.92 Å². The molecule has 0 saturated carbocycles. The fraction of sp³-hybridized carbons (Fsp3) is 0.333. The fourth-order valence-electron chi connectivity index (χ4n) is 1.65. The molecular weight excluding hydrogens is 216 g/mol. The van der Waals surface area contributed by atoms with Gasteiger partial charge in [0.25, 0.3) is 0 Å². The van der Waals surface area contributed by atoms with Crippen LogP contribution in [0.25, 0.3) is 0 Å². The molecule has 2 rings (SSSR count). The Hall–Kier alpha value is -2.04. The van der Waals surface area contributed by atoms with E-state index < -0.39 is 0 Å². The van der Waals surface area contributed by atoms with Crippen molar-refractivity contribution in [2.24, 2.45) is 7.05 Å². The van der Waals surface area contributed by atoms with Crippen LogP contribution >= 0.6 is 0 Å². The first-order valence-corrected chi connectivity index (χ1v) is 5.52. The van der Waals surface area contributed by atoms with Crippen LogP contribution in [0, 0.1) is 0 Å². The lowest BCUT2D eigenvalue weighted by Gasteiger charge is -2.06. The number of ether oxygens (including phenoxy) is 1. The number of aromatic nitrogens is 3. The largest absolute Gasteiger partial charge is 0.481 e. The molecule has 0 bridgehead atoms. The molecule has 0 spiro atoms. The molecule has 1 N–H and O–H groups in total. The zero-order valence-corrected chi connectivity index (χ0v) is 10.3. The Balaban J connectivity index is 2.24. The second-order valence-corrected chi connectivity index (χ2v) is 3.73. The molecular formula is C12H16N4O. The van der Waals surface area contributed by atoms with E-state index in [-0.39, 0.29) is 0 Å². The van der Waals surface area contributed by atoms with Gasteiger partial charge >= 0.3 is 0 Å². The van der Waals surface area contributed by atoms with E-state index in [9.17, 15) is 0 Å². The van der Waals surface area contributed by atoms with Crippen LogP contribution in [0.15, 0.2) is 24.5 Å². The summed E-state index contributed by atoms with van der Waals surface area (Å²) in [6.45, 7) is 2.08. The number of nitrogens with one attached hydrogen (secondary N) is 1. The molecule has 0 radical (unpaired) electrons. The summed E-state index contributed by atoms with van der Waals surface area (Å²) < 4.78 is 6.89. The SMILES string of the molecule is CCc1nn(C)cc1Nc1ccnc(OC)c1. The van der Waals surface area contributed by atoms with Crippen LogP contribution in [0.1, 0.15) is 12.6 Å². The van der Waals surface area contributed by atoms with Crippen molar-refractivity contribution in [3.05, 3.63) is 30.2 Å². The first-order chi connectivity index (χ1) is 8.22. The molecule has 0 unspecified atom stereocenters. The Morgan fingerprint density at radius 3 is 3.00 bits per heavy atom. The molecule has 0 fully saturated rings. The minimum atomic E-state index is 0.594. The molecule has 5 nitrogen and oxygen atoms in total. The molecule has 5 heteroatoms. The van der Waals surface area contributed by atoms with E-state index in [2.05, 4.69) is 22.3 Å². The van der Waals surface area contributed by atoms with Crippen LogP contribution < -0.4 is 10.1 Å². The van der Waals surface area contributed by atoms with Gasteiger partial charge in [-0.15, -0.1) is 0 Å². The summed E-state index contributed by atoms with van der Waals surface area (Å²) in [5.74, 6) is 0.594. The van der Waals surface area contributed by atoms with Crippen LogP contribution in [-0.2, 0) is 13.5 Å². The molecule has 0 aromatic carbocycles. The minimum Gasteiger partial charge on any atom is -0.481 e. The predicted octanol–water partition coefficient (Wildman–Crippen LogP) is 2.13. The van der Waals surface area contributed by atoms with Gasteiger partial charge in [0.2, 0.25) is 5.88 Å². The van der Waals surface area contributed by atoms with Gasteiger partial charge in [-0.05, 0) is 12.5 Å². The number of hydrogen-bond acceptors (Lipinski definition) is 4. The summed E-state index contributed by atoms with van der Waals surface area (Å²) in [7, 11) is 3.52. The highest BCUT2D eigenvalue weighted by molar-refractivity contribution is 5.61. The minimum absolute atomic E-state index is 0.594. The van der Waals surface area contributed by atoms with E-state index in [1.54, 1.807) is 18.0 Å². The number of anilines is 2. The van der Waals surface area contributed by atoms with E-state index in [1.165, 1.54) is 0 Å². The zero-order valence-electron chi connectivity index (χ0n) is 10.3. The molecule has 0 saturated heterocycles. The maximum atomic E-state index is 5.08. The van der Waals surface area contributed by atoms with Crippen molar-refractivity contribution in [2.75, 3.05) is 12.4 Å². The Labute approximate surface area is 100 Å². The third-order valence-corrected chi connectivity index (χ3v) is 2.46. The molecule has 2 aromatic heterocycles. The van der Waals surface area contributed by atoms with Crippen molar-refractivity contribution in [1.29, 1.82) is 0 Å². The smallest absolute Gasteiger partial charge is 0.214 e. The molecule has 0 aliphatic rings. The maximum absolute atomic E-state index is 5.08. The van der Waals surface area contributed by atoms with E-state index in [1.807, 2.05) is 25.4 Å². The van der Waals surface area contributed by atoms with Gasteiger partial charge in [0.1, 0.15) is 0 Å². The average molecular weight is 232 g/mol. The first kappa shape index (κ1) is 11.4. The second-order valence-electron chi connectivity index (χ2n) is 3.73. The summed E-state index contributed by atoms with van der Waals surface area (Å²) in [5.41, 5.74) is 3.01. The van der Waals surface area contributed by atoms with Gasteiger partial charge in [0.15, 0.2) is 0 Å². The average Bonchev–Trinajstić information content (AvgIpc) is 2.69. The number of nitrogens with zero attached hydrogens (tertiary/aromatic N) is 3. The standard InChI is InChI=1S/C12H16N4O/c1-4-10-11(8-16(2)15-10)14-9-5-6-13-12(7-9)17-3/h5-8H,4H2,1-3H3,(H,13,14). The Bertz CT molecular complexity index is 507. The summed E-state index contributed by atoms with van der Waals surface area (Å²) in [4.78, 5) is 4.06. The van der Waals surface area contributed by atoms with Crippen LogP contribution in [0.4, 0.5) is 11.4 Å². The van der Waals surface area contributed by atoms with Crippen molar-refractivity contribution in [3.8, 4) is 5.88 Å². The quantitative estimate of drug-likeness (QED) is 0.877. The van der Waals surface area contributed by atoms with E-state index in [4.69, 9.17) is 4.74 Å². The highest BCUT2D eigenvalue weighted by Gasteiger charge is 2.06. The van der Waals surface area contributed by atoms with E-state index in [0.717, 1.165) is 23.5 Å². The molecule has 2 heterocycles. The lowest BCUT2D eigenvalue weighted by molar-refractivity contribution is 0.398. The summed E-state index contributed by atoms with van der Waals surface area (Å²) in [6, 6.07) is 3.75. The monoisotopic (exact) mass is 232 g/mol. The molecule has 90 valence electrons. The van der Waals surface area contributed by atoms with Crippen molar-refractivity contribution >= 4 is 11.4 Å². The van der Waals surface area contributed by atoms with Crippen molar-refractivity contribution in [3.63, 3.8) is 0 Å². The number of pyridine rings is 1. The molecule has 0 amide bonds. The Morgan fingerprint density at radius 1 is 1.47 bits per heavy atom. The maximum Gasteiger partial charge on any atom is 0.214 e. The number of methoxy groups -OCH3 is 1. The lowest BCUT2D eigenvalue weighted by atomic mass is 10.3. The zero-order chi connectivity index (χ0) is 12.3. The summed E-state index contributed by atoms with van der Waals surface area (Å²) in [6.07, 6.45) is 4.57. The van der Waals surface area contributed by atoms with Crippen molar-refractivity contribution in [1.82, 2.24) is 14.8 Å². The lowest BCUT2D eigenvalue weighted by Crippen LogP contribution is -1.94. The van der Waals surface area contributed by atoms with Crippen LogP contribution in [0.5, 0.6) is 5.88 Å². The van der Waals surface area contributed by atoms with Gasteiger partial charge in [0, 0.05) is 31.2 Å². The summed E-state index contributed by atoms with van der Waals surface area (Å²) in [5, 5.41) is 7.69. The number of hydrogen-bond donors (Lipinski definition) is 1. The molecule has 2 aromatic rings. The highest BCUT2D eigenvalue weighted by Crippen LogP contribution is 2.22. The van der Waals surface area contributed by atoms with Gasteiger partial charge in [-0.25, -0.2) is 4.98 Å². The van der Waals surface area contributed by atoms with Crippen LogP contribution in [0.3, 0.4) is 0 Å². The van der Waals surface area contributed by atoms with Crippen LogP contribution in [-0.4, -0.2) is 21.9 Å². The highest BCUT2D eigenvalue weighted by atomic mass is 16.5. The molecule has 0 atom stereocenters. The van der Waals surface area contributed by atoms with E-state index in [0.29, 0.717) is 5.88 Å². The molecule has 0 aliphatic heterocycles. The third-order valence-electron chi connectivity index (χ3n) is 2.46. The fourth-order valence-corrected chi connectivity index (χ4v) is 1.65.